The van der Waals surface area contributed by atoms with E-state index in [-0.39, 0.29) is 0 Å². The van der Waals surface area contributed by atoms with E-state index in [0.29, 0.717) is 16.3 Å². The van der Waals surface area contributed by atoms with Crippen molar-refractivity contribution in [3.63, 3.8) is 0 Å². The van der Waals surface area contributed by atoms with Crippen molar-refractivity contribution in [3.05, 3.63) is 101 Å². The summed E-state index contributed by atoms with van der Waals surface area (Å²) in [5.74, 6) is 0.607. The summed E-state index contributed by atoms with van der Waals surface area (Å²) >= 11 is 6.32. The molecule has 0 aliphatic carbocycles. The molecule has 0 aliphatic rings. The number of halogens is 1. The van der Waals surface area contributed by atoms with E-state index in [9.17, 15) is 5.26 Å². The Morgan fingerprint density at radius 1 is 0.840 bits per heavy atom. The van der Waals surface area contributed by atoms with Crippen LogP contribution in [0.1, 0.15) is 16.7 Å². The molecule has 2 nitrogen and oxygen atoms in total. The average molecular weight is 346 g/mol. The summed E-state index contributed by atoms with van der Waals surface area (Å²) in [5, 5.41) is 10.4. The molecule has 0 bridgehead atoms. The standard InChI is InChI=1S/C22H16ClNO/c1-25-21-13-12-18(14-20(21)23)22(17-10-6-3-7-11-17)19(15-24)16-8-4-2-5-9-16/h2-14H,1H3/b22-19+. The zero-order valence-corrected chi connectivity index (χ0v) is 14.5. The number of benzene rings is 3. The van der Waals surface area contributed by atoms with Crippen molar-refractivity contribution in [2.75, 3.05) is 7.11 Å². The van der Waals surface area contributed by atoms with Crippen molar-refractivity contribution in [3.8, 4) is 11.8 Å². The van der Waals surface area contributed by atoms with E-state index in [1.807, 2.05) is 78.9 Å². The lowest BCUT2D eigenvalue weighted by Crippen LogP contribution is -1.95. The van der Waals surface area contributed by atoms with Crippen LogP contribution in [0.5, 0.6) is 5.75 Å². The molecule has 122 valence electrons. The predicted octanol–water partition coefficient (Wildman–Crippen LogP) is 5.83. The summed E-state index contributed by atoms with van der Waals surface area (Å²) in [6.07, 6.45) is 0. The van der Waals surface area contributed by atoms with E-state index in [2.05, 4.69) is 6.07 Å². The summed E-state index contributed by atoms with van der Waals surface area (Å²) in [6, 6.07) is 27.5. The van der Waals surface area contributed by atoms with Gasteiger partial charge in [-0.3, -0.25) is 0 Å². The first-order chi connectivity index (χ1) is 12.2. The summed E-state index contributed by atoms with van der Waals surface area (Å²) in [6.45, 7) is 0. The highest BCUT2D eigenvalue weighted by molar-refractivity contribution is 6.32. The van der Waals surface area contributed by atoms with Gasteiger partial charge in [-0.25, -0.2) is 0 Å². The van der Waals surface area contributed by atoms with Crippen molar-refractivity contribution in [2.45, 2.75) is 0 Å². The Balaban J connectivity index is 2.29. The third-order valence-electron chi connectivity index (χ3n) is 3.93. The van der Waals surface area contributed by atoms with Gasteiger partial charge >= 0.3 is 0 Å². The minimum Gasteiger partial charge on any atom is -0.495 e. The van der Waals surface area contributed by atoms with Crippen LogP contribution in [0.15, 0.2) is 78.9 Å². The van der Waals surface area contributed by atoms with Crippen molar-refractivity contribution in [1.82, 2.24) is 0 Å². The van der Waals surface area contributed by atoms with Crippen LogP contribution < -0.4 is 4.74 Å². The molecule has 3 heteroatoms. The molecule has 0 heterocycles. The Hall–Kier alpha value is -3.02. The van der Waals surface area contributed by atoms with Gasteiger partial charge in [0, 0.05) is 5.57 Å². The molecule has 0 saturated heterocycles. The molecule has 0 amide bonds. The normalized spacial score (nSPS) is 11.4. The molecule has 0 N–H and O–H groups in total. The van der Waals surface area contributed by atoms with E-state index in [4.69, 9.17) is 16.3 Å². The maximum absolute atomic E-state index is 9.88. The number of nitriles is 1. The number of ether oxygens (including phenoxy) is 1. The lowest BCUT2D eigenvalue weighted by molar-refractivity contribution is 0.415. The molecule has 0 aliphatic heterocycles. The number of hydrogen-bond acceptors (Lipinski definition) is 2. The highest BCUT2D eigenvalue weighted by atomic mass is 35.5. The second kappa shape index (κ2) is 7.70. The Morgan fingerprint density at radius 3 is 1.96 bits per heavy atom. The number of methoxy groups -OCH3 is 1. The molecule has 0 saturated carbocycles. The Kier molecular flexibility index (Phi) is 5.18. The van der Waals surface area contributed by atoms with Crippen molar-refractivity contribution in [1.29, 1.82) is 5.26 Å². The molecule has 3 rings (SSSR count). The smallest absolute Gasteiger partial charge is 0.137 e. The van der Waals surface area contributed by atoms with Gasteiger partial charge in [-0.15, -0.1) is 0 Å². The van der Waals surface area contributed by atoms with E-state index >= 15 is 0 Å². The molecule has 0 atom stereocenters. The SMILES string of the molecule is COc1ccc(/C(=C(\C#N)c2ccccc2)c2ccccc2)cc1Cl. The van der Waals surface area contributed by atoms with Gasteiger partial charge in [0.2, 0.25) is 0 Å². The topological polar surface area (TPSA) is 33.0 Å². The summed E-state index contributed by atoms with van der Waals surface area (Å²) in [4.78, 5) is 0. The number of nitrogens with zero attached hydrogens (tertiary/aromatic N) is 1. The van der Waals surface area contributed by atoms with E-state index in [1.54, 1.807) is 7.11 Å². The maximum atomic E-state index is 9.88. The third kappa shape index (κ3) is 3.57. The van der Waals surface area contributed by atoms with Crippen molar-refractivity contribution < 1.29 is 4.74 Å². The molecule has 0 unspecified atom stereocenters. The van der Waals surface area contributed by atoms with Gasteiger partial charge in [0.1, 0.15) is 11.8 Å². The van der Waals surface area contributed by atoms with Gasteiger partial charge in [0.15, 0.2) is 0 Å². The number of rotatable bonds is 4. The fraction of sp³-hybridized carbons (Fsp3) is 0.0455. The lowest BCUT2D eigenvalue weighted by atomic mass is 9.90. The molecule has 25 heavy (non-hydrogen) atoms. The zero-order valence-electron chi connectivity index (χ0n) is 13.7. The Bertz CT molecular complexity index is 941. The van der Waals surface area contributed by atoms with Crippen LogP contribution in [0.25, 0.3) is 11.1 Å². The van der Waals surface area contributed by atoms with Crippen LogP contribution in [0.3, 0.4) is 0 Å². The molecule has 3 aromatic rings. The summed E-state index contributed by atoms with van der Waals surface area (Å²) in [7, 11) is 1.58. The predicted molar refractivity (Wildman–Crippen MR) is 102 cm³/mol. The molecule has 0 fully saturated rings. The first kappa shape index (κ1) is 16.8. The number of hydrogen-bond donors (Lipinski definition) is 0. The van der Waals surface area contributed by atoms with E-state index in [0.717, 1.165) is 22.3 Å². The highest BCUT2D eigenvalue weighted by Gasteiger charge is 2.15. The van der Waals surface area contributed by atoms with Gasteiger partial charge in [-0.2, -0.15) is 5.26 Å². The zero-order chi connectivity index (χ0) is 17.6. The third-order valence-corrected chi connectivity index (χ3v) is 4.22. The quantitative estimate of drug-likeness (QED) is 0.440. The second-order valence-corrected chi connectivity index (χ2v) is 5.85. The monoisotopic (exact) mass is 345 g/mol. The van der Waals surface area contributed by atoms with E-state index < -0.39 is 0 Å². The van der Waals surface area contributed by atoms with Gasteiger partial charge in [0.25, 0.3) is 0 Å². The second-order valence-electron chi connectivity index (χ2n) is 5.44. The maximum Gasteiger partial charge on any atom is 0.137 e. The van der Waals surface area contributed by atoms with Crippen molar-refractivity contribution in [2.24, 2.45) is 0 Å². The molecule has 0 spiro atoms. The Morgan fingerprint density at radius 2 is 1.44 bits per heavy atom. The molecular formula is C22H16ClNO. The molecule has 0 radical (unpaired) electrons. The van der Waals surface area contributed by atoms with Gasteiger partial charge < -0.3 is 4.74 Å². The van der Waals surface area contributed by atoms with Crippen LogP contribution in [0.2, 0.25) is 5.02 Å². The average Bonchev–Trinajstić information content (AvgIpc) is 2.67. The van der Waals surface area contributed by atoms with Crippen LogP contribution in [0, 0.1) is 11.3 Å². The fourth-order valence-electron chi connectivity index (χ4n) is 2.75. The van der Waals surface area contributed by atoms with Gasteiger partial charge in [-0.1, -0.05) is 78.3 Å². The van der Waals surface area contributed by atoms with Crippen LogP contribution >= 0.6 is 11.6 Å². The summed E-state index contributed by atoms with van der Waals surface area (Å²) in [5.41, 5.74) is 4.16. The fourth-order valence-corrected chi connectivity index (χ4v) is 3.01. The molecular weight excluding hydrogens is 330 g/mol. The van der Waals surface area contributed by atoms with Crippen LogP contribution in [-0.4, -0.2) is 7.11 Å². The van der Waals surface area contributed by atoms with Crippen LogP contribution in [0.4, 0.5) is 0 Å². The Labute approximate surface area is 152 Å². The van der Waals surface area contributed by atoms with Crippen LogP contribution in [-0.2, 0) is 0 Å². The largest absolute Gasteiger partial charge is 0.495 e. The molecule has 0 aromatic heterocycles. The molecule has 3 aromatic carbocycles. The van der Waals surface area contributed by atoms with E-state index in [1.165, 1.54) is 0 Å². The van der Waals surface area contributed by atoms with Gasteiger partial charge in [-0.05, 0) is 28.8 Å². The highest BCUT2D eigenvalue weighted by Crippen LogP contribution is 2.35. The number of allylic oxidation sites excluding steroid dienone is 1. The first-order valence-corrected chi connectivity index (χ1v) is 8.21. The minimum atomic E-state index is 0.513. The van der Waals surface area contributed by atoms with Gasteiger partial charge in [0.05, 0.1) is 17.7 Å². The summed E-state index contributed by atoms with van der Waals surface area (Å²) < 4.78 is 5.24. The first-order valence-electron chi connectivity index (χ1n) is 7.83. The lowest BCUT2D eigenvalue weighted by Gasteiger charge is -2.14. The minimum absolute atomic E-state index is 0.513. The van der Waals surface area contributed by atoms with Crippen molar-refractivity contribution >= 4 is 22.7 Å².